The molecular formula is C19H17N5O2. The lowest BCUT2D eigenvalue weighted by atomic mass is 10.1. The van der Waals surface area contributed by atoms with Crippen molar-refractivity contribution in [3.63, 3.8) is 0 Å². The summed E-state index contributed by atoms with van der Waals surface area (Å²) in [4.78, 5) is 31.9. The van der Waals surface area contributed by atoms with Gasteiger partial charge in [-0.25, -0.2) is 4.79 Å². The Morgan fingerprint density at radius 3 is 2.77 bits per heavy atom. The smallest absolute Gasteiger partial charge is 0.313 e. The lowest BCUT2D eigenvalue weighted by Gasteiger charge is -2.06. The van der Waals surface area contributed by atoms with Crippen LogP contribution in [0.25, 0.3) is 17.3 Å². The highest BCUT2D eigenvalue weighted by atomic mass is 16.2. The molecule has 3 aromatic rings. The Balaban J connectivity index is 1.59. The normalized spacial score (nSPS) is 19.0. The quantitative estimate of drug-likeness (QED) is 0.751. The van der Waals surface area contributed by atoms with E-state index in [0.717, 1.165) is 23.2 Å². The lowest BCUT2D eigenvalue weighted by Crippen LogP contribution is -2.23. The minimum atomic E-state index is -0.539. The maximum Gasteiger partial charge on any atom is 0.325 e. The first-order valence-corrected chi connectivity index (χ1v) is 8.36. The summed E-state index contributed by atoms with van der Waals surface area (Å²) in [6, 6.07) is 5.83. The van der Waals surface area contributed by atoms with Crippen molar-refractivity contribution in [3.8, 4) is 11.3 Å². The van der Waals surface area contributed by atoms with E-state index in [2.05, 4.69) is 37.3 Å². The fourth-order valence-corrected chi connectivity index (χ4v) is 3.07. The molecule has 0 aromatic carbocycles. The van der Waals surface area contributed by atoms with E-state index in [0.29, 0.717) is 23.1 Å². The number of hydrogen-bond acceptors (Lipinski definition) is 5. The minimum Gasteiger partial charge on any atom is -0.313 e. The maximum absolute atomic E-state index is 12.0. The summed E-state index contributed by atoms with van der Waals surface area (Å²) >= 11 is 0. The van der Waals surface area contributed by atoms with Crippen molar-refractivity contribution in [2.75, 3.05) is 0 Å². The molecule has 3 heterocycles. The number of pyridine rings is 1. The highest BCUT2D eigenvalue weighted by Crippen LogP contribution is 2.49. The molecule has 2 N–H and O–H groups in total. The molecule has 7 heteroatoms. The van der Waals surface area contributed by atoms with Gasteiger partial charge in [-0.3, -0.25) is 14.8 Å². The van der Waals surface area contributed by atoms with Gasteiger partial charge in [-0.2, -0.15) is 5.10 Å². The van der Waals surface area contributed by atoms with Gasteiger partial charge in [0.25, 0.3) is 5.56 Å². The second kappa shape index (κ2) is 6.51. The zero-order valence-corrected chi connectivity index (χ0v) is 14.1. The Hall–Kier alpha value is -3.35. The Bertz CT molecular complexity index is 1080. The van der Waals surface area contributed by atoms with Crippen molar-refractivity contribution in [1.82, 2.24) is 25.1 Å². The van der Waals surface area contributed by atoms with Gasteiger partial charge in [-0.05, 0) is 54.5 Å². The van der Waals surface area contributed by atoms with E-state index in [1.165, 1.54) is 6.20 Å². The molecule has 0 aliphatic heterocycles. The van der Waals surface area contributed by atoms with Crippen molar-refractivity contribution >= 4 is 6.08 Å². The Labute approximate surface area is 148 Å². The highest BCUT2D eigenvalue weighted by Gasteiger charge is 2.37. The van der Waals surface area contributed by atoms with Gasteiger partial charge in [0.2, 0.25) is 0 Å². The number of H-pyrrole nitrogens is 2. The van der Waals surface area contributed by atoms with Crippen molar-refractivity contribution in [2.45, 2.75) is 19.3 Å². The van der Waals surface area contributed by atoms with Crippen LogP contribution >= 0.6 is 0 Å². The first-order chi connectivity index (χ1) is 12.6. The van der Waals surface area contributed by atoms with E-state index in [9.17, 15) is 9.59 Å². The fraction of sp³-hybridized carbons (Fsp3) is 0.211. The van der Waals surface area contributed by atoms with Crippen molar-refractivity contribution in [3.05, 3.63) is 80.5 Å². The summed E-state index contributed by atoms with van der Waals surface area (Å²) < 4.78 is 0. The van der Waals surface area contributed by atoms with Crippen LogP contribution in [-0.4, -0.2) is 25.1 Å². The molecule has 0 unspecified atom stereocenters. The summed E-state index contributed by atoms with van der Waals surface area (Å²) in [5, 5.41) is 8.32. The molecule has 1 fully saturated rings. The molecular weight excluding hydrogens is 330 g/mol. The molecule has 7 nitrogen and oxygen atoms in total. The largest absolute Gasteiger partial charge is 0.325 e. The summed E-state index contributed by atoms with van der Waals surface area (Å²) in [5.74, 6) is 0.803. The molecule has 0 spiro atoms. The first kappa shape index (κ1) is 16.1. The molecule has 2 atom stereocenters. The molecule has 3 aromatic heterocycles. The molecule has 130 valence electrons. The predicted molar refractivity (Wildman–Crippen MR) is 97.6 cm³/mol. The van der Waals surface area contributed by atoms with E-state index in [1.54, 1.807) is 12.4 Å². The number of nitrogens with one attached hydrogen (secondary N) is 2. The van der Waals surface area contributed by atoms with E-state index in [4.69, 9.17) is 0 Å². The molecule has 0 amide bonds. The third-order valence-corrected chi connectivity index (χ3v) is 4.59. The number of hydrogen-bond donors (Lipinski definition) is 2. The molecule has 1 aliphatic carbocycles. The van der Waals surface area contributed by atoms with Gasteiger partial charge in [-0.15, -0.1) is 5.10 Å². The summed E-state index contributed by atoms with van der Waals surface area (Å²) in [5.41, 5.74) is 2.83. The van der Waals surface area contributed by atoms with Crippen molar-refractivity contribution in [1.29, 1.82) is 0 Å². The molecule has 0 bridgehead atoms. The zero-order chi connectivity index (χ0) is 18.1. The van der Waals surface area contributed by atoms with Crippen LogP contribution in [0.4, 0.5) is 0 Å². The lowest BCUT2D eigenvalue weighted by molar-refractivity contribution is 0.907. The van der Waals surface area contributed by atoms with Crippen LogP contribution < -0.4 is 11.2 Å². The van der Waals surface area contributed by atoms with Gasteiger partial charge in [0.15, 0.2) is 0 Å². The van der Waals surface area contributed by atoms with Gasteiger partial charge in [0.1, 0.15) is 5.69 Å². The van der Waals surface area contributed by atoms with E-state index in [1.807, 2.05) is 25.1 Å². The molecule has 1 saturated carbocycles. The number of aromatic nitrogens is 5. The van der Waals surface area contributed by atoms with Crippen LogP contribution in [0.1, 0.15) is 29.2 Å². The van der Waals surface area contributed by atoms with Gasteiger partial charge in [0, 0.05) is 18.6 Å². The van der Waals surface area contributed by atoms with Crippen molar-refractivity contribution < 1.29 is 0 Å². The average Bonchev–Trinajstić information content (AvgIpc) is 3.41. The van der Waals surface area contributed by atoms with Crippen LogP contribution in [-0.2, 0) is 0 Å². The fourth-order valence-electron chi connectivity index (χ4n) is 3.07. The molecule has 26 heavy (non-hydrogen) atoms. The predicted octanol–water partition coefficient (Wildman–Crippen LogP) is 2.04. The molecule has 4 rings (SSSR count). The van der Waals surface area contributed by atoms with E-state index < -0.39 is 11.2 Å². The standard InChI is InChI=1S/C19H17N5O2/c1-11-14(15-8-13(15)3-2-12-4-6-20-7-5-12)9-17(24-23-11)16-10-21-19(26)22-18(16)25/h2-7,9-10,13,15H,8H2,1H3,(H2,21,22,25,26)/b3-2+/t13-,15-/m0/s1. The van der Waals surface area contributed by atoms with Gasteiger partial charge >= 0.3 is 5.69 Å². The third-order valence-electron chi connectivity index (χ3n) is 4.59. The van der Waals surface area contributed by atoms with Crippen LogP contribution in [0.5, 0.6) is 0 Å². The van der Waals surface area contributed by atoms with Gasteiger partial charge in [-0.1, -0.05) is 12.2 Å². The topological polar surface area (TPSA) is 104 Å². The van der Waals surface area contributed by atoms with Crippen molar-refractivity contribution in [2.24, 2.45) is 5.92 Å². The first-order valence-electron chi connectivity index (χ1n) is 8.36. The summed E-state index contributed by atoms with van der Waals surface area (Å²) in [6.45, 7) is 1.92. The maximum atomic E-state index is 12.0. The number of aromatic amines is 2. The van der Waals surface area contributed by atoms with Gasteiger partial charge < -0.3 is 4.98 Å². The van der Waals surface area contributed by atoms with Crippen LogP contribution in [0.3, 0.4) is 0 Å². The SMILES string of the molecule is Cc1nnc(-c2c[nH]c(=O)[nH]c2=O)cc1[C@H]1C[C@@H]1/C=C/c1ccncc1. The molecule has 0 radical (unpaired) electrons. The number of rotatable bonds is 4. The Morgan fingerprint density at radius 2 is 2.00 bits per heavy atom. The van der Waals surface area contributed by atoms with Crippen LogP contribution in [0, 0.1) is 12.8 Å². The monoisotopic (exact) mass is 347 g/mol. The van der Waals surface area contributed by atoms with E-state index >= 15 is 0 Å². The Kier molecular flexibility index (Phi) is 4.04. The van der Waals surface area contributed by atoms with Gasteiger partial charge in [0.05, 0.1) is 11.3 Å². The second-order valence-electron chi connectivity index (χ2n) is 6.40. The molecule has 1 aliphatic rings. The van der Waals surface area contributed by atoms with Crippen LogP contribution in [0.15, 0.2) is 52.5 Å². The highest BCUT2D eigenvalue weighted by molar-refractivity contribution is 5.58. The number of nitrogens with zero attached hydrogens (tertiary/aromatic N) is 3. The van der Waals surface area contributed by atoms with Crippen LogP contribution in [0.2, 0.25) is 0 Å². The average molecular weight is 347 g/mol. The summed E-state index contributed by atoms with van der Waals surface area (Å²) in [6.07, 6.45) is 10.3. The third kappa shape index (κ3) is 3.23. The zero-order valence-electron chi connectivity index (χ0n) is 14.1. The Morgan fingerprint density at radius 1 is 1.19 bits per heavy atom. The second-order valence-corrected chi connectivity index (χ2v) is 6.40. The molecule has 0 saturated heterocycles. The summed E-state index contributed by atoms with van der Waals surface area (Å²) in [7, 11) is 0. The number of aryl methyl sites for hydroxylation is 1. The number of allylic oxidation sites excluding steroid dienone is 1. The minimum absolute atomic E-state index is 0.308. The van der Waals surface area contributed by atoms with E-state index in [-0.39, 0.29) is 0 Å².